The highest BCUT2D eigenvalue weighted by atomic mass is 35.5. The maximum absolute atomic E-state index is 15.7. The van der Waals surface area contributed by atoms with Crippen LogP contribution < -0.4 is 10.1 Å². The molecule has 1 aliphatic heterocycles. The maximum Gasteiger partial charge on any atom is 0.238 e. The van der Waals surface area contributed by atoms with E-state index < -0.39 is 21.9 Å². The lowest BCUT2D eigenvalue weighted by Crippen LogP contribution is -2.52. The second-order valence-corrected chi connectivity index (χ2v) is 19.3. The summed E-state index contributed by atoms with van der Waals surface area (Å²) in [6.45, 7) is 12.7. The predicted octanol–water partition coefficient (Wildman–Crippen LogP) is 6.95. The van der Waals surface area contributed by atoms with E-state index in [0.29, 0.717) is 47.2 Å². The lowest BCUT2D eigenvalue weighted by Gasteiger charge is -2.38. The molecule has 6 atom stereocenters. The van der Waals surface area contributed by atoms with Gasteiger partial charge < -0.3 is 15.0 Å². The molecule has 8 nitrogen and oxygen atoms in total. The number of methoxy groups -OCH3 is 1. The Morgan fingerprint density at radius 1 is 1.08 bits per heavy atom. The molecule has 2 aromatic carbocycles. The molecule has 2 aromatic rings. The van der Waals surface area contributed by atoms with Crippen LogP contribution in [0, 0.1) is 34.9 Å². The number of likely N-dealkylation sites (N-methyl/N-ethyl adjacent to an activating group) is 1. The van der Waals surface area contributed by atoms with Crippen LogP contribution in [0.25, 0.3) is 0 Å². The number of halogens is 2. The van der Waals surface area contributed by atoms with E-state index in [1.165, 1.54) is 17.8 Å². The Hall–Kier alpha value is -2.24. The van der Waals surface area contributed by atoms with Crippen molar-refractivity contribution in [2.45, 2.75) is 104 Å². The number of amides is 1. The first-order valence-corrected chi connectivity index (χ1v) is 20.2. The number of rotatable bonds is 14. The van der Waals surface area contributed by atoms with Crippen LogP contribution in [0.3, 0.4) is 0 Å². The minimum absolute atomic E-state index is 0.00439. The number of benzene rings is 2. The van der Waals surface area contributed by atoms with Crippen LogP contribution >= 0.6 is 11.6 Å². The Morgan fingerprint density at radius 2 is 1.78 bits per heavy atom. The number of ether oxygens (including phenoxy) is 1. The number of carbonyl (C=O) groups excluding carboxylic acids is 1. The van der Waals surface area contributed by atoms with E-state index in [2.05, 4.69) is 49.7 Å². The molecule has 5 rings (SSSR count). The zero-order valence-electron chi connectivity index (χ0n) is 31.2. The maximum atomic E-state index is 15.7. The van der Waals surface area contributed by atoms with Crippen molar-refractivity contribution in [1.82, 2.24) is 19.4 Å². The Morgan fingerprint density at radius 3 is 2.44 bits per heavy atom. The zero-order chi connectivity index (χ0) is 36.5. The third kappa shape index (κ3) is 9.03. The molecule has 3 aliphatic rings. The Labute approximate surface area is 305 Å². The summed E-state index contributed by atoms with van der Waals surface area (Å²) in [5.41, 5.74) is 2.17. The molecular formula is C39H58ClFN4O4S. The van der Waals surface area contributed by atoms with Gasteiger partial charge in [-0.1, -0.05) is 70.5 Å². The molecule has 0 aromatic heterocycles. The molecule has 1 saturated heterocycles. The molecule has 2 bridgehead atoms. The Kier molecular flexibility index (Phi) is 12.3. The van der Waals surface area contributed by atoms with Crippen LogP contribution in [0.2, 0.25) is 5.02 Å². The topological polar surface area (TPSA) is 82.2 Å². The van der Waals surface area contributed by atoms with Crippen LogP contribution in [0.1, 0.15) is 83.4 Å². The van der Waals surface area contributed by atoms with Gasteiger partial charge in [-0.15, -0.1) is 0 Å². The van der Waals surface area contributed by atoms with Gasteiger partial charge in [-0.2, -0.15) is 4.31 Å². The molecule has 278 valence electrons. The van der Waals surface area contributed by atoms with Crippen molar-refractivity contribution in [3.63, 3.8) is 0 Å². The molecule has 2 saturated carbocycles. The molecular weight excluding hydrogens is 675 g/mol. The lowest BCUT2D eigenvalue weighted by molar-refractivity contribution is -0.126. The summed E-state index contributed by atoms with van der Waals surface area (Å²) in [4.78, 5) is 18.2. The van der Waals surface area contributed by atoms with Gasteiger partial charge in [0.1, 0.15) is 6.04 Å². The van der Waals surface area contributed by atoms with Crippen molar-refractivity contribution in [2.75, 3.05) is 33.5 Å². The van der Waals surface area contributed by atoms with Crippen molar-refractivity contribution >= 4 is 27.5 Å². The molecule has 1 amide bonds. The predicted molar refractivity (Wildman–Crippen MR) is 199 cm³/mol. The molecule has 0 radical (unpaired) electrons. The highest BCUT2D eigenvalue weighted by Crippen LogP contribution is 2.51. The van der Waals surface area contributed by atoms with E-state index in [-0.39, 0.29) is 48.0 Å². The summed E-state index contributed by atoms with van der Waals surface area (Å²) in [5, 5.41) is 3.70. The lowest BCUT2D eigenvalue weighted by atomic mass is 9.77. The highest BCUT2D eigenvalue weighted by Gasteiger charge is 2.50. The third-order valence-corrected chi connectivity index (χ3v) is 13.3. The number of hydrogen-bond acceptors (Lipinski definition) is 6. The van der Waals surface area contributed by atoms with Crippen LogP contribution in [0.4, 0.5) is 4.39 Å². The van der Waals surface area contributed by atoms with Gasteiger partial charge in [0.25, 0.3) is 0 Å². The van der Waals surface area contributed by atoms with E-state index in [1.54, 1.807) is 12.1 Å². The average molecular weight is 733 g/mol. The van der Waals surface area contributed by atoms with Crippen molar-refractivity contribution in [3.05, 3.63) is 63.9 Å². The normalized spacial score (nSPS) is 25.6. The smallest absolute Gasteiger partial charge is 0.238 e. The third-order valence-electron chi connectivity index (χ3n) is 11.1. The average Bonchev–Trinajstić information content (AvgIpc) is 3.71. The second kappa shape index (κ2) is 15.8. The molecule has 3 fully saturated rings. The van der Waals surface area contributed by atoms with Crippen molar-refractivity contribution in [2.24, 2.45) is 29.1 Å². The Bertz CT molecular complexity index is 1610. The monoisotopic (exact) mass is 732 g/mol. The van der Waals surface area contributed by atoms with Gasteiger partial charge in [0, 0.05) is 48.8 Å². The molecule has 11 heteroatoms. The van der Waals surface area contributed by atoms with Crippen molar-refractivity contribution in [3.8, 4) is 5.75 Å². The van der Waals surface area contributed by atoms with E-state index >= 15 is 4.39 Å². The van der Waals surface area contributed by atoms with Crippen molar-refractivity contribution < 1.29 is 22.3 Å². The van der Waals surface area contributed by atoms with E-state index in [4.69, 9.17) is 16.3 Å². The van der Waals surface area contributed by atoms with Crippen LogP contribution in [0.5, 0.6) is 5.75 Å². The summed E-state index contributed by atoms with van der Waals surface area (Å²) in [5.74, 6) is 1.53. The molecule has 2 aliphatic carbocycles. The van der Waals surface area contributed by atoms with Gasteiger partial charge >= 0.3 is 0 Å². The van der Waals surface area contributed by atoms with Gasteiger partial charge in [-0.3, -0.25) is 9.69 Å². The quantitative estimate of drug-likeness (QED) is 0.227. The summed E-state index contributed by atoms with van der Waals surface area (Å²) < 4.78 is 49.2. The summed E-state index contributed by atoms with van der Waals surface area (Å²) >= 11 is 6.60. The fourth-order valence-electron chi connectivity index (χ4n) is 9.03. The standard InChI is InChI=1S/C39H58ClFN4O4S/c1-25(2)35-28-12-13-29(19-28)37(35)42-38(46)33-16-17-50(47,48)45(33)22-27-11-9-10-26(18-27)21-44(30(23-43(6)7)20-39(3,4)5)24-31-32(40)14-15-34(49-8)36(31)41/h9-11,14-15,18,25,28-30,33,35,37H,12-13,16-17,19-24H2,1-8H3,(H,42,46)/t28-,29+,30+,33?,35+,37+/m1/s1. The van der Waals surface area contributed by atoms with E-state index in [0.717, 1.165) is 36.9 Å². The first-order chi connectivity index (χ1) is 23.5. The summed E-state index contributed by atoms with van der Waals surface area (Å²) in [6, 6.07) is 10.6. The van der Waals surface area contributed by atoms with Crippen LogP contribution in [0.15, 0.2) is 36.4 Å². The molecule has 50 heavy (non-hydrogen) atoms. The first-order valence-electron chi connectivity index (χ1n) is 18.2. The van der Waals surface area contributed by atoms with Gasteiger partial charge in [0.05, 0.1) is 12.9 Å². The number of nitrogens with zero attached hydrogens (tertiary/aromatic N) is 3. The SMILES string of the molecule is COc1ccc(Cl)c(CN(Cc2cccc(CN3C(C(=O)N[C@H]4[C@H]5CC[C@H](C5)[C@@H]4C(C)C)CCS3(=O)=O)c2)[C@H](CN(C)C)CC(C)(C)C)c1F. The van der Waals surface area contributed by atoms with Crippen LogP contribution in [-0.4, -0.2) is 80.1 Å². The first kappa shape index (κ1) is 39.0. The zero-order valence-corrected chi connectivity index (χ0v) is 32.8. The number of carbonyl (C=O) groups is 1. The van der Waals surface area contributed by atoms with E-state index in [1.807, 2.05) is 38.4 Å². The Balaban J connectivity index is 1.39. The molecule has 1 N–H and O–H groups in total. The summed E-state index contributed by atoms with van der Waals surface area (Å²) in [7, 11) is 1.92. The molecule has 1 heterocycles. The van der Waals surface area contributed by atoms with Gasteiger partial charge in [-0.25, -0.2) is 12.8 Å². The number of hydrogen-bond donors (Lipinski definition) is 1. The number of sulfonamides is 1. The largest absolute Gasteiger partial charge is 0.494 e. The van der Waals surface area contributed by atoms with Gasteiger partial charge in [0.2, 0.25) is 15.9 Å². The van der Waals surface area contributed by atoms with Crippen LogP contribution in [-0.2, 0) is 34.5 Å². The fourth-order valence-corrected chi connectivity index (χ4v) is 10.9. The molecule has 1 unspecified atom stereocenters. The number of nitrogens with one attached hydrogen (secondary N) is 1. The summed E-state index contributed by atoms with van der Waals surface area (Å²) in [6.07, 6.45) is 4.67. The minimum Gasteiger partial charge on any atom is -0.494 e. The highest BCUT2D eigenvalue weighted by molar-refractivity contribution is 7.89. The minimum atomic E-state index is -3.60. The number of fused-ring (bicyclic) bond motifs is 2. The fraction of sp³-hybridized carbons (Fsp3) is 0.667. The molecule has 0 spiro atoms. The van der Waals surface area contributed by atoms with Gasteiger partial charge in [0.15, 0.2) is 11.6 Å². The van der Waals surface area contributed by atoms with Crippen molar-refractivity contribution in [1.29, 1.82) is 0 Å². The van der Waals surface area contributed by atoms with Gasteiger partial charge in [-0.05, 0) is 98.5 Å². The second-order valence-electron chi connectivity index (χ2n) is 16.8. The van der Waals surface area contributed by atoms with E-state index in [9.17, 15) is 13.2 Å².